The quantitative estimate of drug-likeness (QED) is 0.0431. The van der Waals surface area contributed by atoms with Crippen molar-refractivity contribution in [1.29, 1.82) is 0 Å². The molecule has 0 fully saturated rings. The number of hydrogen-bond donors (Lipinski definition) is 1. The number of benzene rings is 8. The van der Waals surface area contributed by atoms with Crippen LogP contribution in [0.5, 0.6) is 0 Å². The summed E-state index contributed by atoms with van der Waals surface area (Å²) in [4.78, 5) is 21.9. The molecule has 0 radical (unpaired) electrons. The first-order valence-corrected chi connectivity index (χ1v) is 29.6. The van der Waals surface area contributed by atoms with Gasteiger partial charge in [0.2, 0.25) is 0 Å². The number of aliphatic hydroxyl groups excluding tert-OH is 1. The van der Waals surface area contributed by atoms with Crippen LogP contribution in [-0.4, -0.2) is 55.6 Å². The van der Waals surface area contributed by atoms with E-state index in [1.54, 1.807) is 12.1 Å². The Hall–Kier alpha value is -4.93. The van der Waals surface area contributed by atoms with E-state index in [-0.39, 0.29) is 67.8 Å². The normalized spacial score (nSPS) is 7.78. The number of rotatable bonds is 7. The first kappa shape index (κ1) is 94.3. The zero-order valence-electron chi connectivity index (χ0n) is 51.0. The number of hydrogen-bond acceptors (Lipinski definition) is 4. The standard InChI is InChI=1S/C13H11Cl.C13H12O.C13H10O.C7H6O.C6H5.8C2H6.CH2Cl2.CH2OS.BrH.Mg/c3*14-13(11-7-3-1-4-8-11)12-9-5-2-6-10-12;8-6-7-4-2-1-3-5-7;1-2-4-6-5-3-1;8*1-2;2-1-3;1-3-2;;/h1-10,13H;1-10,13-14H;1-10H;1-6H;1-5H;8*1-2H3;2*1H2;1H;/q;;;;-1;;;;;;;;;;;;+2/p-1. The topological polar surface area (TPSA) is 71.4 Å². The van der Waals surface area contributed by atoms with Crippen molar-refractivity contribution in [3.63, 3.8) is 0 Å². The fraction of sp³-hybridized carbons (Fsp3) is 0.271. The van der Waals surface area contributed by atoms with E-state index in [9.17, 15) is 14.7 Å². The van der Waals surface area contributed by atoms with Gasteiger partial charge in [0.1, 0.15) is 12.4 Å². The van der Waals surface area contributed by atoms with Crippen molar-refractivity contribution in [2.75, 3.05) is 5.34 Å². The van der Waals surface area contributed by atoms with Gasteiger partial charge in [-0.3, -0.25) is 9.59 Å². The van der Waals surface area contributed by atoms with E-state index in [0.717, 1.165) is 45.2 Å². The van der Waals surface area contributed by atoms with Crippen LogP contribution in [-0.2, 0) is 11.3 Å². The summed E-state index contributed by atoms with van der Waals surface area (Å²) >= 11 is 16.1. The number of ketones is 1. The van der Waals surface area contributed by atoms with Crippen LogP contribution < -0.4 is 17.0 Å². The summed E-state index contributed by atoms with van der Waals surface area (Å²) in [6, 6.07) is 79.8. The molecular formula is C70H96BrCl3MgO4S. The Labute approximate surface area is 533 Å². The fourth-order valence-corrected chi connectivity index (χ4v) is 5.41. The number of carbonyl (C=O) groups is 2. The Morgan fingerprint density at radius 3 is 0.838 bits per heavy atom. The van der Waals surface area contributed by atoms with Gasteiger partial charge < -0.3 is 22.1 Å². The molecule has 0 saturated carbocycles. The van der Waals surface area contributed by atoms with Gasteiger partial charge in [-0.1, -0.05) is 323 Å². The van der Waals surface area contributed by atoms with Gasteiger partial charge in [-0.25, -0.2) is 4.21 Å². The Bertz CT molecular complexity index is 2090. The molecule has 0 spiro atoms. The van der Waals surface area contributed by atoms with Crippen molar-refractivity contribution in [3.8, 4) is 0 Å². The Morgan fingerprint density at radius 1 is 0.450 bits per heavy atom. The predicted molar refractivity (Wildman–Crippen MR) is 359 cm³/mol. The van der Waals surface area contributed by atoms with Crippen LogP contribution in [0.2, 0.25) is 0 Å². The summed E-state index contributed by atoms with van der Waals surface area (Å²) in [5.41, 5.74) is 6.34. The van der Waals surface area contributed by atoms with Crippen LogP contribution >= 0.6 is 34.8 Å². The van der Waals surface area contributed by atoms with Gasteiger partial charge in [-0.2, -0.15) is 36.4 Å². The number of alkyl halides is 3. The maximum atomic E-state index is 11.8. The van der Waals surface area contributed by atoms with Gasteiger partial charge in [0, 0.05) is 16.7 Å². The number of aldehydes is 1. The van der Waals surface area contributed by atoms with E-state index in [1.807, 2.05) is 341 Å². The Kier molecular flexibility index (Phi) is 97.8. The van der Waals surface area contributed by atoms with Gasteiger partial charge in [-0.15, -0.1) is 34.8 Å². The maximum absolute atomic E-state index is 11.8. The third kappa shape index (κ3) is 55.0. The zero-order chi connectivity index (χ0) is 60.9. The summed E-state index contributed by atoms with van der Waals surface area (Å²) in [5, 5.41) is 10.1. The van der Waals surface area contributed by atoms with Crippen LogP contribution in [0, 0.1) is 6.07 Å². The molecule has 10 heteroatoms. The zero-order valence-corrected chi connectivity index (χ0v) is 57.1. The molecule has 0 amide bonds. The predicted octanol–water partition coefficient (Wildman–Crippen LogP) is 18.6. The molecule has 436 valence electrons. The smallest absolute Gasteiger partial charge is 1.00 e. The SMILES string of the molecule is C=S=O.CC.CC.CC.CC.CC.CC.CC.CC.ClC(c1ccccc1)c1ccccc1.ClCCl.O=C(c1ccccc1)c1ccccc1.O=Cc1ccccc1.OC(c1ccccc1)c1ccccc1.[Br-].[Mg+2].[c-]1ccccc1. The first-order valence-electron chi connectivity index (χ1n) is 27.1. The molecule has 1 N–H and O–H groups in total. The van der Waals surface area contributed by atoms with Crippen molar-refractivity contribution >= 4 is 87.1 Å². The van der Waals surface area contributed by atoms with Crippen molar-refractivity contribution in [3.05, 3.63) is 288 Å². The van der Waals surface area contributed by atoms with Crippen LogP contribution in [0.25, 0.3) is 0 Å². The van der Waals surface area contributed by atoms with Gasteiger partial charge in [0.25, 0.3) is 0 Å². The van der Waals surface area contributed by atoms with Crippen molar-refractivity contribution < 1.29 is 35.9 Å². The van der Waals surface area contributed by atoms with Crippen LogP contribution in [0.15, 0.2) is 243 Å². The number of halogens is 4. The molecule has 4 nitrogen and oxygen atoms in total. The van der Waals surface area contributed by atoms with E-state index < -0.39 is 6.10 Å². The van der Waals surface area contributed by atoms with Crippen LogP contribution in [0.4, 0.5) is 0 Å². The largest absolute Gasteiger partial charge is 2.00 e. The van der Waals surface area contributed by atoms with E-state index in [0.29, 0.717) is 0 Å². The number of carbonyl (C=O) groups excluding carboxylic acids is 2. The maximum Gasteiger partial charge on any atom is 2.00 e. The van der Waals surface area contributed by atoms with Crippen molar-refractivity contribution in [2.45, 2.75) is 122 Å². The minimum absolute atomic E-state index is 0. The van der Waals surface area contributed by atoms with Gasteiger partial charge in [0.15, 0.2) is 5.78 Å². The van der Waals surface area contributed by atoms with Crippen molar-refractivity contribution in [2.24, 2.45) is 0 Å². The van der Waals surface area contributed by atoms with Gasteiger partial charge in [0.05, 0.1) is 22.0 Å². The monoisotopic (exact) mass is 1240 g/mol. The summed E-state index contributed by atoms with van der Waals surface area (Å²) in [5.74, 6) is 2.92. The second kappa shape index (κ2) is 82.9. The third-order valence-electron chi connectivity index (χ3n) is 8.03. The molecule has 0 aliphatic carbocycles. The Balaban J connectivity index is -0.000000104. The first-order chi connectivity index (χ1) is 38.4. The molecule has 0 unspecified atom stereocenters. The molecule has 0 aliphatic rings. The molecule has 8 aromatic rings. The summed E-state index contributed by atoms with van der Waals surface area (Å²) in [7, 11) is 0. The van der Waals surface area contributed by atoms with Crippen molar-refractivity contribution in [1.82, 2.24) is 0 Å². The van der Waals surface area contributed by atoms with Crippen LogP contribution in [0.1, 0.15) is 171 Å². The Morgan fingerprint density at radius 2 is 0.650 bits per heavy atom. The van der Waals surface area contributed by atoms with Crippen LogP contribution in [0.3, 0.4) is 0 Å². The molecule has 0 saturated heterocycles. The minimum atomic E-state index is -0.516. The summed E-state index contributed by atoms with van der Waals surface area (Å²) in [6.07, 6.45) is 0.317. The average molecular weight is 1240 g/mol. The molecule has 8 rings (SSSR count). The van der Waals surface area contributed by atoms with E-state index in [2.05, 4.69) is 11.9 Å². The molecule has 0 bridgehead atoms. The molecule has 80 heavy (non-hydrogen) atoms. The average Bonchev–Trinajstić information content (AvgIpc) is 3.57. The van der Waals surface area contributed by atoms with E-state index >= 15 is 0 Å². The second-order valence-electron chi connectivity index (χ2n) is 12.3. The molecule has 8 aromatic carbocycles. The molecule has 0 heterocycles. The van der Waals surface area contributed by atoms with Gasteiger partial charge in [-0.05, 0) is 28.1 Å². The third-order valence-corrected chi connectivity index (χ3v) is 8.53. The molecule has 0 aromatic heterocycles. The molecular weight excluding hydrogens is 1150 g/mol. The second-order valence-corrected chi connectivity index (χ2v) is 13.8. The van der Waals surface area contributed by atoms with E-state index in [4.69, 9.17) is 39.0 Å². The summed E-state index contributed by atoms with van der Waals surface area (Å²) in [6.45, 7) is 32.0. The molecule has 0 atom stereocenters. The minimum Gasteiger partial charge on any atom is -1.00 e. The number of aliphatic hydroxyl groups is 1. The fourth-order valence-electron chi connectivity index (χ4n) is 5.12. The molecule has 0 aliphatic heterocycles. The van der Waals surface area contributed by atoms with E-state index in [1.165, 1.54) is 0 Å². The summed E-state index contributed by atoms with van der Waals surface area (Å²) < 4.78 is 8.74. The van der Waals surface area contributed by atoms with Gasteiger partial charge >= 0.3 is 23.1 Å².